The molecular weight excluding hydrogens is 282 g/mol. The molecule has 1 rings (SSSR count). The molecule has 0 spiro atoms. The van der Waals surface area contributed by atoms with Gasteiger partial charge in [0.1, 0.15) is 5.75 Å². The zero-order valence-electron chi connectivity index (χ0n) is 13.6. The molecule has 122 valence electrons. The summed E-state index contributed by atoms with van der Waals surface area (Å²) < 4.78 is 5.11. The minimum absolute atomic E-state index is 0.100. The summed E-state index contributed by atoms with van der Waals surface area (Å²) in [5, 5.41) is 8.71. The summed E-state index contributed by atoms with van der Waals surface area (Å²) in [6, 6.07) is 7.17. The van der Waals surface area contributed by atoms with Gasteiger partial charge in [-0.25, -0.2) is 0 Å². The fourth-order valence-corrected chi connectivity index (χ4v) is 1.96. The van der Waals surface area contributed by atoms with Gasteiger partial charge in [-0.05, 0) is 31.7 Å². The number of benzene rings is 1. The number of hydrogen-bond acceptors (Lipinski definition) is 4. The smallest absolute Gasteiger partial charge is 0.222 e. The standard InChI is InChI=1S/C16H25N3O3/c1-11(17-3)10-18-16(21)9-15(19-12(2)20)13-5-7-14(22-4)8-6-13/h5-8,11,15,17H,9-10H2,1-4H3,(H,18,21)(H,19,20). The van der Waals surface area contributed by atoms with Gasteiger partial charge in [-0.2, -0.15) is 0 Å². The number of nitrogens with one attached hydrogen (secondary N) is 3. The van der Waals surface area contributed by atoms with Gasteiger partial charge in [-0.3, -0.25) is 9.59 Å². The number of ether oxygens (including phenoxy) is 1. The van der Waals surface area contributed by atoms with Gasteiger partial charge in [0.2, 0.25) is 11.8 Å². The molecule has 2 unspecified atom stereocenters. The maximum atomic E-state index is 12.0. The van der Waals surface area contributed by atoms with Crippen molar-refractivity contribution in [1.29, 1.82) is 0 Å². The van der Waals surface area contributed by atoms with E-state index in [0.29, 0.717) is 6.54 Å². The van der Waals surface area contributed by atoms with Crippen LogP contribution in [0.1, 0.15) is 31.9 Å². The van der Waals surface area contributed by atoms with Gasteiger partial charge in [0.25, 0.3) is 0 Å². The SMILES string of the molecule is CNC(C)CNC(=O)CC(NC(C)=O)c1ccc(OC)cc1. The molecule has 22 heavy (non-hydrogen) atoms. The van der Waals surface area contributed by atoms with Gasteiger partial charge in [0, 0.05) is 19.5 Å². The van der Waals surface area contributed by atoms with Gasteiger partial charge in [-0.1, -0.05) is 12.1 Å². The van der Waals surface area contributed by atoms with Gasteiger partial charge in [0.15, 0.2) is 0 Å². The van der Waals surface area contributed by atoms with Crippen LogP contribution in [0.2, 0.25) is 0 Å². The highest BCUT2D eigenvalue weighted by Gasteiger charge is 2.17. The molecule has 0 saturated heterocycles. The number of hydrogen-bond donors (Lipinski definition) is 3. The highest BCUT2D eigenvalue weighted by atomic mass is 16.5. The summed E-state index contributed by atoms with van der Waals surface area (Å²) in [6.45, 7) is 3.97. The average Bonchev–Trinajstić information content (AvgIpc) is 2.51. The molecular formula is C16H25N3O3. The largest absolute Gasteiger partial charge is 0.497 e. The number of carbonyl (C=O) groups is 2. The Kier molecular flexibility index (Phi) is 7.39. The van der Waals surface area contributed by atoms with Crippen LogP contribution in [0, 0.1) is 0 Å². The molecule has 1 aromatic rings. The number of rotatable bonds is 8. The molecule has 0 aliphatic heterocycles. The molecule has 0 bridgehead atoms. The third-order valence-electron chi connectivity index (χ3n) is 3.38. The summed E-state index contributed by atoms with van der Waals surface area (Å²) >= 11 is 0. The lowest BCUT2D eigenvalue weighted by molar-refractivity contribution is -0.122. The summed E-state index contributed by atoms with van der Waals surface area (Å²) in [4.78, 5) is 23.4. The predicted molar refractivity (Wildman–Crippen MR) is 85.7 cm³/mol. The Morgan fingerprint density at radius 1 is 1.23 bits per heavy atom. The molecule has 0 heterocycles. The second kappa shape index (κ2) is 9.04. The minimum atomic E-state index is -0.353. The van der Waals surface area contributed by atoms with Crippen LogP contribution in [-0.4, -0.2) is 38.6 Å². The molecule has 0 aliphatic carbocycles. The molecule has 2 atom stereocenters. The summed E-state index contributed by atoms with van der Waals surface area (Å²) in [7, 11) is 3.44. The normalized spacial score (nSPS) is 13.1. The molecule has 6 nitrogen and oxygen atoms in total. The van der Waals surface area contributed by atoms with Crippen LogP contribution in [0.25, 0.3) is 0 Å². The minimum Gasteiger partial charge on any atom is -0.497 e. The second-order valence-electron chi connectivity index (χ2n) is 5.22. The van der Waals surface area contributed by atoms with Crippen molar-refractivity contribution in [3.63, 3.8) is 0 Å². The fraction of sp³-hybridized carbons (Fsp3) is 0.500. The van der Waals surface area contributed by atoms with Crippen molar-refractivity contribution in [2.24, 2.45) is 0 Å². The molecule has 0 saturated carbocycles. The van der Waals surface area contributed by atoms with Crippen molar-refractivity contribution in [1.82, 2.24) is 16.0 Å². The molecule has 0 aromatic heterocycles. The third-order valence-corrected chi connectivity index (χ3v) is 3.38. The first-order chi connectivity index (χ1) is 10.5. The van der Waals surface area contributed by atoms with Gasteiger partial charge in [0.05, 0.1) is 19.6 Å². The zero-order chi connectivity index (χ0) is 16.5. The molecule has 0 radical (unpaired) electrons. The zero-order valence-corrected chi connectivity index (χ0v) is 13.6. The lowest BCUT2D eigenvalue weighted by Gasteiger charge is -2.19. The highest BCUT2D eigenvalue weighted by molar-refractivity contribution is 5.79. The van der Waals surface area contributed by atoms with E-state index in [4.69, 9.17) is 4.74 Å². The quantitative estimate of drug-likeness (QED) is 0.669. The van der Waals surface area contributed by atoms with Crippen molar-refractivity contribution in [3.05, 3.63) is 29.8 Å². The lowest BCUT2D eigenvalue weighted by Crippen LogP contribution is -2.39. The van der Waals surface area contributed by atoms with Crippen molar-refractivity contribution in [2.75, 3.05) is 20.7 Å². The van der Waals surface area contributed by atoms with Crippen LogP contribution in [0.4, 0.5) is 0 Å². The van der Waals surface area contributed by atoms with E-state index in [-0.39, 0.29) is 30.3 Å². The molecule has 6 heteroatoms. The van der Waals surface area contributed by atoms with Crippen molar-refractivity contribution in [3.8, 4) is 5.75 Å². The first kappa shape index (κ1) is 18.0. The predicted octanol–water partition coefficient (Wildman–Crippen LogP) is 0.987. The summed E-state index contributed by atoms with van der Waals surface area (Å²) in [6.07, 6.45) is 0.197. The van der Waals surface area contributed by atoms with Crippen molar-refractivity contribution < 1.29 is 14.3 Å². The van der Waals surface area contributed by atoms with E-state index in [9.17, 15) is 9.59 Å². The first-order valence-electron chi connectivity index (χ1n) is 7.31. The lowest BCUT2D eigenvalue weighted by atomic mass is 10.0. The van der Waals surface area contributed by atoms with Gasteiger partial charge in [-0.15, -0.1) is 0 Å². The Morgan fingerprint density at radius 2 is 1.86 bits per heavy atom. The molecule has 0 aliphatic rings. The van der Waals surface area contributed by atoms with Gasteiger partial charge >= 0.3 is 0 Å². The Bertz CT molecular complexity index is 488. The summed E-state index contributed by atoms with van der Waals surface area (Å²) in [5.74, 6) is 0.464. The highest BCUT2D eigenvalue weighted by Crippen LogP contribution is 2.20. The first-order valence-corrected chi connectivity index (χ1v) is 7.31. The maximum absolute atomic E-state index is 12.0. The van der Waals surface area contributed by atoms with Crippen molar-refractivity contribution >= 4 is 11.8 Å². The Balaban J connectivity index is 2.71. The number of amides is 2. The monoisotopic (exact) mass is 307 g/mol. The Morgan fingerprint density at radius 3 is 2.36 bits per heavy atom. The Hall–Kier alpha value is -2.08. The van der Waals surface area contributed by atoms with E-state index < -0.39 is 0 Å². The van der Waals surface area contributed by atoms with E-state index >= 15 is 0 Å². The average molecular weight is 307 g/mol. The molecule has 1 aromatic carbocycles. The molecule has 2 amide bonds. The van der Waals surface area contributed by atoms with Crippen LogP contribution in [0.15, 0.2) is 24.3 Å². The van der Waals surface area contributed by atoms with Crippen LogP contribution in [0.5, 0.6) is 5.75 Å². The van der Waals surface area contributed by atoms with Crippen LogP contribution in [0.3, 0.4) is 0 Å². The summed E-state index contributed by atoms with van der Waals surface area (Å²) in [5.41, 5.74) is 0.868. The number of carbonyl (C=O) groups excluding carboxylic acids is 2. The van der Waals surface area contributed by atoms with E-state index in [1.807, 2.05) is 38.2 Å². The second-order valence-corrected chi connectivity index (χ2v) is 5.22. The maximum Gasteiger partial charge on any atom is 0.222 e. The van der Waals surface area contributed by atoms with E-state index in [1.165, 1.54) is 6.92 Å². The Labute approximate surface area is 131 Å². The number of likely N-dealkylation sites (N-methyl/N-ethyl adjacent to an activating group) is 1. The molecule has 0 fully saturated rings. The fourth-order valence-electron chi connectivity index (χ4n) is 1.96. The van der Waals surface area contributed by atoms with E-state index in [0.717, 1.165) is 11.3 Å². The van der Waals surface area contributed by atoms with E-state index in [1.54, 1.807) is 7.11 Å². The molecule has 3 N–H and O–H groups in total. The van der Waals surface area contributed by atoms with E-state index in [2.05, 4.69) is 16.0 Å². The van der Waals surface area contributed by atoms with Gasteiger partial charge < -0.3 is 20.7 Å². The number of methoxy groups -OCH3 is 1. The van der Waals surface area contributed by atoms with Crippen molar-refractivity contribution in [2.45, 2.75) is 32.4 Å². The van der Waals surface area contributed by atoms with Crippen LogP contribution >= 0.6 is 0 Å². The van der Waals surface area contributed by atoms with Crippen LogP contribution in [-0.2, 0) is 9.59 Å². The third kappa shape index (κ3) is 6.13. The topological polar surface area (TPSA) is 79.5 Å². The van der Waals surface area contributed by atoms with Crippen LogP contribution < -0.4 is 20.7 Å².